The van der Waals surface area contributed by atoms with Crippen LogP contribution in [0.3, 0.4) is 0 Å². The minimum absolute atomic E-state index is 0.243. The lowest BCUT2D eigenvalue weighted by Crippen LogP contribution is -2.44. The van der Waals surface area contributed by atoms with Gasteiger partial charge in [-0.05, 0) is 38.3 Å². The SMILES string of the molecule is CN(CCC(C)(C)C)CC1(CO)CCC1. The first-order valence-electron chi connectivity index (χ1n) is 6.16. The van der Waals surface area contributed by atoms with Crippen LogP contribution >= 0.6 is 0 Å². The molecule has 0 radical (unpaired) electrons. The van der Waals surface area contributed by atoms with E-state index in [9.17, 15) is 5.11 Å². The van der Waals surface area contributed by atoms with Gasteiger partial charge < -0.3 is 10.0 Å². The second kappa shape index (κ2) is 4.84. The Morgan fingerprint density at radius 2 is 1.87 bits per heavy atom. The summed E-state index contributed by atoms with van der Waals surface area (Å²) in [6.45, 7) is 9.43. The van der Waals surface area contributed by atoms with Gasteiger partial charge in [-0.15, -0.1) is 0 Å². The van der Waals surface area contributed by atoms with Crippen LogP contribution in [0.2, 0.25) is 0 Å². The van der Waals surface area contributed by atoms with E-state index in [0.717, 1.165) is 13.1 Å². The Labute approximate surface area is 94.7 Å². The summed E-state index contributed by atoms with van der Waals surface area (Å²) in [5.41, 5.74) is 0.660. The van der Waals surface area contributed by atoms with E-state index in [1.807, 2.05) is 0 Å². The molecular formula is C13H27NO. The topological polar surface area (TPSA) is 23.5 Å². The smallest absolute Gasteiger partial charge is 0.0499 e. The minimum Gasteiger partial charge on any atom is -0.396 e. The maximum absolute atomic E-state index is 9.39. The molecule has 90 valence electrons. The van der Waals surface area contributed by atoms with Crippen molar-refractivity contribution >= 4 is 0 Å². The predicted molar refractivity (Wildman–Crippen MR) is 64.9 cm³/mol. The molecule has 0 aliphatic heterocycles. The number of nitrogens with zero attached hydrogens (tertiary/aromatic N) is 1. The summed E-state index contributed by atoms with van der Waals surface area (Å²) in [6, 6.07) is 0. The van der Waals surface area contributed by atoms with Crippen LogP contribution in [0.15, 0.2) is 0 Å². The Bertz CT molecular complexity index is 186. The normalized spacial score (nSPS) is 20.4. The standard InChI is InChI=1S/C13H27NO/c1-12(2,3)8-9-14(4)10-13(11-15)6-5-7-13/h15H,5-11H2,1-4H3. The molecular weight excluding hydrogens is 186 g/mol. The third kappa shape index (κ3) is 4.12. The number of aliphatic hydroxyl groups excluding tert-OH is 1. The van der Waals surface area contributed by atoms with Crippen molar-refractivity contribution in [2.45, 2.75) is 46.5 Å². The summed E-state index contributed by atoms with van der Waals surface area (Å²) in [5, 5.41) is 9.39. The maximum atomic E-state index is 9.39. The van der Waals surface area contributed by atoms with E-state index in [2.05, 4.69) is 32.7 Å². The molecule has 1 rings (SSSR count). The summed E-state index contributed by atoms with van der Waals surface area (Å²) in [5.74, 6) is 0. The molecule has 2 nitrogen and oxygen atoms in total. The van der Waals surface area contributed by atoms with Crippen molar-refractivity contribution in [2.75, 3.05) is 26.7 Å². The van der Waals surface area contributed by atoms with Crippen molar-refractivity contribution in [1.29, 1.82) is 0 Å². The van der Waals surface area contributed by atoms with Crippen molar-refractivity contribution in [3.05, 3.63) is 0 Å². The van der Waals surface area contributed by atoms with E-state index in [1.165, 1.54) is 25.7 Å². The summed E-state index contributed by atoms with van der Waals surface area (Å²) in [4.78, 5) is 2.39. The quantitative estimate of drug-likeness (QED) is 0.758. The molecule has 0 spiro atoms. The van der Waals surface area contributed by atoms with Gasteiger partial charge >= 0.3 is 0 Å². The lowest BCUT2D eigenvalue weighted by Gasteiger charge is -2.43. The minimum atomic E-state index is 0.243. The van der Waals surface area contributed by atoms with E-state index >= 15 is 0 Å². The van der Waals surface area contributed by atoms with Crippen molar-refractivity contribution in [3.8, 4) is 0 Å². The largest absolute Gasteiger partial charge is 0.396 e. The molecule has 0 aromatic rings. The molecule has 0 aromatic carbocycles. The fourth-order valence-corrected chi connectivity index (χ4v) is 2.22. The molecule has 0 aromatic heterocycles. The van der Waals surface area contributed by atoms with Crippen LogP contribution in [0.5, 0.6) is 0 Å². The van der Waals surface area contributed by atoms with E-state index in [4.69, 9.17) is 0 Å². The van der Waals surface area contributed by atoms with Crippen LogP contribution in [0, 0.1) is 10.8 Å². The van der Waals surface area contributed by atoms with Gasteiger partial charge in [-0.2, -0.15) is 0 Å². The third-order valence-corrected chi connectivity index (χ3v) is 3.60. The van der Waals surface area contributed by atoms with Gasteiger partial charge in [-0.25, -0.2) is 0 Å². The molecule has 2 heteroatoms. The van der Waals surface area contributed by atoms with Crippen LogP contribution in [-0.2, 0) is 0 Å². The fraction of sp³-hybridized carbons (Fsp3) is 1.00. The zero-order chi connectivity index (χ0) is 11.5. The molecule has 0 atom stereocenters. The first kappa shape index (κ1) is 13.0. The van der Waals surface area contributed by atoms with Crippen LogP contribution < -0.4 is 0 Å². The van der Waals surface area contributed by atoms with Crippen molar-refractivity contribution in [3.63, 3.8) is 0 Å². The highest BCUT2D eigenvalue weighted by atomic mass is 16.3. The zero-order valence-electron chi connectivity index (χ0n) is 10.8. The van der Waals surface area contributed by atoms with Crippen molar-refractivity contribution in [1.82, 2.24) is 4.90 Å². The van der Waals surface area contributed by atoms with Gasteiger partial charge in [0.05, 0.1) is 0 Å². The third-order valence-electron chi connectivity index (χ3n) is 3.60. The Morgan fingerprint density at radius 1 is 1.27 bits per heavy atom. The Morgan fingerprint density at radius 3 is 2.20 bits per heavy atom. The summed E-state index contributed by atoms with van der Waals surface area (Å²) in [6.07, 6.45) is 4.95. The fourth-order valence-electron chi connectivity index (χ4n) is 2.22. The van der Waals surface area contributed by atoms with Crippen molar-refractivity contribution in [2.24, 2.45) is 10.8 Å². The van der Waals surface area contributed by atoms with E-state index in [-0.39, 0.29) is 5.41 Å². The lowest BCUT2D eigenvalue weighted by atomic mass is 9.69. The first-order valence-corrected chi connectivity index (χ1v) is 6.16. The highest BCUT2D eigenvalue weighted by Crippen LogP contribution is 2.40. The molecule has 1 N–H and O–H groups in total. The van der Waals surface area contributed by atoms with Gasteiger partial charge in [-0.1, -0.05) is 27.2 Å². The second-order valence-electron chi connectivity index (χ2n) is 6.56. The number of aliphatic hydroxyl groups is 1. The first-order chi connectivity index (χ1) is 6.87. The highest BCUT2D eigenvalue weighted by molar-refractivity contribution is 4.89. The van der Waals surface area contributed by atoms with Gasteiger partial charge in [0.15, 0.2) is 0 Å². The molecule has 0 bridgehead atoms. The van der Waals surface area contributed by atoms with E-state index < -0.39 is 0 Å². The molecule has 1 aliphatic carbocycles. The number of hydrogen-bond acceptors (Lipinski definition) is 2. The molecule has 1 aliphatic rings. The van der Waals surface area contributed by atoms with Gasteiger partial charge in [0, 0.05) is 18.6 Å². The summed E-state index contributed by atoms with van der Waals surface area (Å²) < 4.78 is 0. The van der Waals surface area contributed by atoms with Gasteiger partial charge in [0.1, 0.15) is 0 Å². The molecule has 1 fully saturated rings. The maximum Gasteiger partial charge on any atom is 0.0499 e. The highest BCUT2D eigenvalue weighted by Gasteiger charge is 2.37. The van der Waals surface area contributed by atoms with Gasteiger partial charge in [0.25, 0.3) is 0 Å². The van der Waals surface area contributed by atoms with Crippen molar-refractivity contribution < 1.29 is 5.11 Å². The van der Waals surface area contributed by atoms with E-state index in [0.29, 0.717) is 12.0 Å². The molecule has 0 unspecified atom stereocenters. The predicted octanol–water partition coefficient (Wildman–Crippen LogP) is 2.52. The molecule has 1 saturated carbocycles. The average molecular weight is 213 g/mol. The van der Waals surface area contributed by atoms with E-state index in [1.54, 1.807) is 0 Å². The summed E-state index contributed by atoms with van der Waals surface area (Å²) >= 11 is 0. The van der Waals surface area contributed by atoms with Crippen LogP contribution in [0.25, 0.3) is 0 Å². The summed E-state index contributed by atoms with van der Waals surface area (Å²) in [7, 11) is 2.18. The lowest BCUT2D eigenvalue weighted by molar-refractivity contribution is 0.0126. The van der Waals surface area contributed by atoms with Gasteiger partial charge in [-0.3, -0.25) is 0 Å². The Kier molecular flexibility index (Phi) is 4.19. The van der Waals surface area contributed by atoms with Crippen LogP contribution in [0.4, 0.5) is 0 Å². The second-order valence-corrected chi connectivity index (χ2v) is 6.56. The van der Waals surface area contributed by atoms with Crippen LogP contribution in [-0.4, -0.2) is 36.8 Å². The zero-order valence-corrected chi connectivity index (χ0v) is 10.8. The molecule has 0 amide bonds. The Balaban J connectivity index is 2.26. The number of hydrogen-bond donors (Lipinski definition) is 1. The average Bonchev–Trinajstić information content (AvgIpc) is 2.07. The van der Waals surface area contributed by atoms with Crippen LogP contribution in [0.1, 0.15) is 46.5 Å². The van der Waals surface area contributed by atoms with Gasteiger partial charge in [0.2, 0.25) is 0 Å². The Hall–Kier alpha value is -0.0800. The number of rotatable bonds is 5. The molecule has 0 saturated heterocycles. The monoisotopic (exact) mass is 213 g/mol. The molecule has 15 heavy (non-hydrogen) atoms. The molecule has 0 heterocycles.